The maximum atomic E-state index is 12.2. The van der Waals surface area contributed by atoms with E-state index in [0.717, 1.165) is 5.56 Å². The summed E-state index contributed by atoms with van der Waals surface area (Å²) in [4.78, 5) is 34.9. The molecule has 0 unspecified atom stereocenters. The van der Waals surface area contributed by atoms with Gasteiger partial charge in [-0.05, 0) is 42.8 Å². The molecule has 7 heteroatoms. The fraction of sp³-hybridized carbons (Fsp3) is 0.211. The molecule has 0 spiro atoms. The second kappa shape index (κ2) is 7.26. The molecular formula is C19H19N3O4. The first kappa shape index (κ1) is 17.5. The summed E-state index contributed by atoms with van der Waals surface area (Å²) in [7, 11) is 0. The van der Waals surface area contributed by atoms with Crippen molar-refractivity contribution in [3.63, 3.8) is 0 Å². The van der Waals surface area contributed by atoms with Gasteiger partial charge in [0.2, 0.25) is 11.8 Å². The first-order valence-electron chi connectivity index (χ1n) is 8.18. The van der Waals surface area contributed by atoms with E-state index in [1.807, 2.05) is 0 Å². The number of nitrogens with one attached hydrogen (secondary N) is 3. The zero-order valence-corrected chi connectivity index (χ0v) is 14.5. The third-order valence-corrected chi connectivity index (χ3v) is 3.83. The standard InChI is InChI=1S/C19H19N3O4/c1-11-19(25)22-16-10-15(7-8-17(16)26-11)21-18(24)9-13-3-5-14(6-4-13)20-12(2)23/h3-8,10-11H,9H2,1-2H3,(H,20,23)(H,21,24)(H,22,25)/t11-/m0/s1. The molecule has 3 rings (SSSR count). The van der Waals surface area contributed by atoms with Crippen molar-refractivity contribution < 1.29 is 19.1 Å². The van der Waals surface area contributed by atoms with E-state index in [9.17, 15) is 14.4 Å². The zero-order valence-electron chi connectivity index (χ0n) is 14.5. The zero-order chi connectivity index (χ0) is 18.7. The Morgan fingerprint density at radius 1 is 1.08 bits per heavy atom. The number of carbonyl (C=O) groups is 3. The van der Waals surface area contributed by atoms with Crippen molar-refractivity contribution in [2.45, 2.75) is 26.4 Å². The maximum Gasteiger partial charge on any atom is 0.265 e. The van der Waals surface area contributed by atoms with Crippen molar-refractivity contribution in [3.05, 3.63) is 48.0 Å². The van der Waals surface area contributed by atoms with Crippen molar-refractivity contribution >= 4 is 34.8 Å². The quantitative estimate of drug-likeness (QED) is 0.787. The van der Waals surface area contributed by atoms with E-state index in [1.165, 1.54) is 6.92 Å². The third kappa shape index (κ3) is 4.18. The Labute approximate surface area is 150 Å². The Bertz CT molecular complexity index is 862. The lowest BCUT2D eigenvalue weighted by atomic mass is 10.1. The van der Waals surface area contributed by atoms with Crippen molar-refractivity contribution in [2.75, 3.05) is 16.0 Å². The largest absolute Gasteiger partial charge is 0.479 e. The molecule has 0 saturated heterocycles. The summed E-state index contributed by atoms with van der Waals surface area (Å²) in [6.07, 6.45) is -0.347. The van der Waals surface area contributed by atoms with Crippen LogP contribution in [-0.2, 0) is 20.8 Å². The molecule has 0 radical (unpaired) electrons. The number of ether oxygens (including phenoxy) is 1. The molecule has 0 saturated carbocycles. The lowest BCUT2D eigenvalue weighted by molar-refractivity contribution is -0.122. The second-order valence-electron chi connectivity index (χ2n) is 6.06. The van der Waals surface area contributed by atoms with E-state index in [2.05, 4.69) is 16.0 Å². The van der Waals surface area contributed by atoms with E-state index >= 15 is 0 Å². The van der Waals surface area contributed by atoms with Crippen molar-refractivity contribution in [1.29, 1.82) is 0 Å². The van der Waals surface area contributed by atoms with Gasteiger partial charge < -0.3 is 20.7 Å². The molecule has 2 aromatic carbocycles. The Morgan fingerprint density at radius 3 is 2.46 bits per heavy atom. The highest BCUT2D eigenvalue weighted by atomic mass is 16.5. The lowest BCUT2D eigenvalue weighted by Crippen LogP contribution is -2.34. The number of amides is 3. The summed E-state index contributed by atoms with van der Waals surface area (Å²) in [6.45, 7) is 3.11. The van der Waals surface area contributed by atoms with E-state index in [0.29, 0.717) is 22.8 Å². The van der Waals surface area contributed by atoms with Gasteiger partial charge in [0, 0.05) is 18.3 Å². The van der Waals surface area contributed by atoms with Crippen LogP contribution in [0.5, 0.6) is 5.75 Å². The van der Waals surface area contributed by atoms with Crippen molar-refractivity contribution in [3.8, 4) is 5.75 Å². The summed E-state index contributed by atoms with van der Waals surface area (Å²) >= 11 is 0. The van der Waals surface area contributed by atoms with Crippen LogP contribution in [0, 0.1) is 0 Å². The maximum absolute atomic E-state index is 12.2. The van der Waals surface area contributed by atoms with Crippen LogP contribution in [0.2, 0.25) is 0 Å². The number of anilines is 3. The molecule has 1 atom stereocenters. The van der Waals surface area contributed by atoms with Crippen molar-refractivity contribution in [2.24, 2.45) is 0 Å². The predicted molar refractivity (Wildman–Crippen MR) is 98.2 cm³/mol. The number of rotatable bonds is 4. The molecule has 1 heterocycles. The fourth-order valence-corrected chi connectivity index (χ4v) is 2.59. The highest BCUT2D eigenvalue weighted by Crippen LogP contribution is 2.32. The van der Waals surface area contributed by atoms with E-state index in [4.69, 9.17) is 4.74 Å². The van der Waals surface area contributed by atoms with Gasteiger partial charge in [-0.15, -0.1) is 0 Å². The van der Waals surface area contributed by atoms with Crippen LogP contribution in [-0.4, -0.2) is 23.8 Å². The molecule has 1 aliphatic rings. The summed E-state index contributed by atoms with van der Waals surface area (Å²) in [5.41, 5.74) is 2.61. The van der Waals surface area contributed by atoms with E-state index in [-0.39, 0.29) is 24.1 Å². The monoisotopic (exact) mass is 353 g/mol. The molecule has 134 valence electrons. The van der Waals surface area contributed by atoms with Gasteiger partial charge in [0.05, 0.1) is 12.1 Å². The average Bonchev–Trinajstić information content (AvgIpc) is 2.57. The Kier molecular flexibility index (Phi) is 4.88. The molecule has 0 bridgehead atoms. The van der Waals surface area contributed by atoms with Crippen LogP contribution in [0.4, 0.5) is 17.1 Å². The molecule has 0 fully saturated rings. The lowest BCUT2D eigenvalue weighted by Gasteiger charge is -2.23. The predicted octanol–water partition coefficient (Wildman–Crippen LogP) is 2.55. The number of carbonyl (C=O) groups excluding carboxylic acids is 3. The van der Waals surface area contributed by atoms with Crippen molar-refractivity contribution in [1.82, 2.24) is 0 Å². The van der Waals surface area contributed by atoms with Crippen LogP contribution in [0.25, 0.3) is 0 Å². The number of hydrogen-bond acceptors (Lipinski definition) is 4. The molecule has 0 aromatic heterocycles. The summed E-state index contributed by atoms with van der Waals surface area (Å²) in [5.74, 6) is 0.0194. The first-order chi connectivity index (χ1) is 12.4. The molecule has 3 N–H and O–H groups in total. The normalized spacial score (nSPS) is 15.3. The average molecular weight is 353 g/mol. The molecule has 7 nitrogen and oxygen atoms in total. The topological polar surface area (TPSA) is 96.5 Å². The SMILES string of the molecule is CC(=O)Nc1ccc(CC(=O)Nc2ccc3c(c2)NC(=O)[C@H](C)O3)cc1. The van der Waals surface area contributed by atoms with Gasteiger partial charge in [0.1, 0.15) is 5.75 Å². The number of benzene rings is 2. The Balaban J connectivity index is 1.62. The molecule has 1 aliphatic heterocycles. The van der Waals surface area contributed by atoms with E-state index < -0.39 is 6.10 Å². The van der Waals surface area contributed by atoms with Crippen LogP contribution >= 0.6 is 0 Å². The minimum absolute atomic E-state index is 0.145. The van der Waals surface area contributed by atoms with Gasteiger partial charge in [-0.2, -0.15) is 0 Å². The van der Waals surface area contributed by atoms with Crippen LogP contribution < -0.4 is 20.7 Å². The second-order valence-corrected chi connectivity index (χ2v) is 6.06. The fourth-order valence-electron chi connectivity index (χ4n) is 2.59. The van der Waals surface area contributed by atoms with Gasteiger partial charge in [-0.25, -0.2) is 0 Å². The molecule has 3 amide bonds. The highest BCUT2D eigenvalue weighted by Gasteiger charge is 2.23. The van der Waals surface area contributed by atoms with E-state index in [1.54, 1.807) is 49.4 Å². The van der Waals surface area contributed by atoms with Crippen LogP contribution in [0.1, 0.15) is 19.4 Å². The molecule has 26 heavy (non-hydrogen) atoms. The van der Waals surface area contributed by atoms with Gasteiger partial charge in [-0.1, -0.05) is 12.1 Å². The Hall–Kier alpha value is -3.35. The smallest absolute Gasteiger partial charge is 0.265 e. The summed E-state index contributed by atoms with van der Waals surface area (Å²) in [6, 6.07) is 12.2. The van der Waals surface area contributed by atoms with Crippen LogP contribution in [0.15, 0.2) is 42.5 Å². The summed E-state index contributed by atoms with van der Waals surface area (Å²) < 4.78 is 5.48. The van der Waals surface area contributed by atoms with Gasteiger partial charge in [-0.3, -0.25) is 14.4 Å². The Morgan fingerprint density at radius 2 is 1.77 bits per heavy atom. The van der Waals surface area contributed by atoms with Gasteiger partial charge >= 0.3 is 0 Å². The molecule has 0 aliphatic carbocycles. The number of hydrogen-bond donors (Lipinski definition) is 3. The first-order valence-corrected chi connectivity index (χ1v) is 8.18. The molecular weight excluding hydrogens is 334 g/mol. The molecule has 2 aromatic rings. The minimum Gasteiger partial charge on any atom is -0.479 e. The summed E-state index contributed by atoms with van der Waals surface area (Å²) in [5, 5.41) is 8.22. The van der Waals surface area contributed by atoms with Gasteiger partial charge in [0.15, 0.2) is 6.10 Å². The third-order valence-electron chi connectivity index (χ3n) is 3.83. The van der Waals surface area contributed by atoms with Crippen LogP contribution in [0.3, 0.4) is 0 Å². The van der Waals surface area contributed by atoms with Gasteiger partial charge in [0.25, 0.3) is 5.91 Å². The minimum atomic E-state index is -0.539. The highest BCUT2D eigenvalue weighted by molar-refractivity contribution is 5.99. The number of fused-ring (bicyclic) bond motifs is 1.